The van der Waals surface area contributed by atoms with Crippen molar-refractivity contribution in [2.75, 3.05) is 9.80 Å². The van der Waals surface area contributed by atoms with Gasteiger partial charge in [-0.2, -0.15) is 0 Å². The van der Waals surface area contributed by atoms with Crippen molar-refractivity contribution in [3.05, 3.63) is 60.7 Å². The molecule has 0 aromatic heterocycles. The molecule has 1 fully saturated rings. The fourth-order valence-electron chi connectivity index (χ4n) is 1.91. The molecule has 4 heteroatoms. The number of para-hydroxylation sites is 2. The maximum atomic E-state index is 12.0. The number of amides is 4. The van der Waals surface area contributed by atoms with Gasteiger partial charge in [-0.1, -0.05) is 36.4 Å². The summed E-state index contributed by atoms with van der Waals surface area (Å²) in [5, 5.41) is 0. The van der Waals surface area contributed by atoms with Crippen LogP contribution in [-0.4, -0.2) is 12.1 Å². The molecule has 0 N–H and O–H groups in total. The van der Waals surface area contributed by atoms with Crippen molar-refractivity contribution in [2.24, 2.45) is 0 Å². The fraction of sp³-hybridized carbons (Fsp3) is 0. The van der Waals surface area contributed by atoms with Crippen LogP contribution in [0.2, 0.25) is 0 Å². The van der Waals surface area contributed by atoms with E-state index in [1.165, 1.54) is 0 Å². The highest BCUT2D eigenvalue weighted by Crippen LogP contribution is 2.29. The van der Waals surface area contributed by atoms with Crippen LogP contribution in [0.1, 0.15) is 0 Å². The number of nitrogens with zero attached hydrogens (tertiary/aromatic N) is 2. The third-order valence-electron chi connectivity index (χ3n) is 2.79. The normalized spacial score (nSPS) is 14.7. The van der Waals surface area contributed by atoms with E-state index in [2.05, 4.69) is 0 Å². The van der Waals surface area contributed by atoms with E-state index in [1.54, 1.807) is 48.5 Å². The molecule has 0 atom stereocenters. The summed E-state index contributed by atoms with van der Waals surface area (Å²) in [5.74, 6) is 0. The number of rotatable bonds is 2. The molecule has 1 saturated heterocycles. The summed E-state index contributed by atoms with van der Waals surface area (Å²) in [5.41, 5.74) is 1.19. The van der Waals surface area contributed by atoms with E-state index in [9.17, 15) is 9.59 Å². The van der Waals surface area contributed by atoms with Gasteiger partial charge in [-0.25, -0.2) is 19.4 Å². The molecule has 1 aliphatic heterocycles. The lowest BCUT2D eigenvalue weighted by Gasteiger charge is -2.38. The molecule has 2 aromatic rings. The second-order valence-corrected chi connectivity index (χ2v) is 3.91. The van der Waals surface area contributed by atoms with Crippen LogP contribution in [-0.2, 0) is 0 Å². The van der Waals surface area contributed by atoms with Crippen molar-refractivity contribution in [1.82, 2.24) is 0 Å². The molecule has 1 aliphatic rings. The van der Waals surface area contributed by atoms with E-state index in [-0.39, 0.29) is 12.1 Å². The predicted octanol–water partition coefficient (Wildman–Crippen LogP) is 3.25. The Bertz CT molecular complexity index is 528. The molecule has 0 unspecified atom stereocenters. The minimum Gasteiger partial charge on any atom is -0.246 e. The average molecular weight is 238 g/mol. The van der Waals surface area contributed by atoms with Crippen molar-refractivity contribution in [3.63, 3.8) is 0 Å². The topological polar surface area (TPSA) is 40.6 Å². The summed E-state index contributed by atoms with van der Waals surface area (Å²) in [6.07, 6.45) is 0. The lowest BCUT2D eigenvalue weighted by Crippen LogP contribution is -2.64. The van der Waals surface area contributed by atoms with Crippen LogP contribution < -0.4 is 9.80 Å². The second kappa shape index (κ2) is 4.00. The molecular formula is C14H10N2O2. The molecule has 1 heterocycles. The van der Waals surface area contributed by atoms with Gasteiger partial charge in [-0.05, 0) is 24.3 Å². The first-order valence-corrected chi connectivity index (χ1v) is 5.57. The average Bonchev–Trinajstić information content (AvgIpc) is 2.41. The Morgan fingerprint density at radius 3 is 1.22 bits per heavy atom. The molecule has 0 radical (unpaired) electrons. The summed E-state index contributed by atoms with van der Waals surface area (Å²) in [6.45, 7) is 0. The predicted molar refractivity (Wildman–Crippen MR) is 68.6 cm³/mol. The van der Waals surface area contributed by atoms with Crippen LogP contribution >= 0.6 is 0 Å². The van der Waals surface area contributed by atoms with E-state index in [0.717, 1.165) is 9.80 Å². The Labute approximate surface area is 104 Å². The number of carbonyl (C=O) groups is 2. The Balaban J connectivity index is 1.89. The Morgan fingerprint density at radius 2 is 0.889 bits per heavy atom. The Kier molecular flexibility index (Phi) is 2.34. The zero-order valence-electron chi connectivity index (χ0n) is 9.48. The molecule has 0 spiro atoms. The molecule has 88 valence electrons. The van der Waals surface area contributed by atoms with Crippen LogP contribution in [0.15, 0.2) is 60.7 Å². The third kappa shape index (κ3) is 1.47. The lowest BCUT2D eigenvalue weighted by atomic mass is 10.2. The standard InChI is InChI=1S/C14H10N2O2/c17-13-15(11-7-3-1-4-8-11)14(18)16(13)12-9-5-2-6-10-12/h1-10H. The van der Waals surface area contributed by atoms with E-state index in [1.807, 2.05) is 12.1 Å². The van der Waals surface area contributed by atoms with E-state index in [4.69, 9.17) is 0 Å². The summed E-state index contributed by atoms with van der Waals surface area (Å²) in [4.78, 5) is 26.3. The molecule has 18 heavy (non-hydrogen) atoms. The summed E-state index contributed by atoms with van der Waals surface area (Å²) in [6, 6.07) is 17.1. The van der Waals surface area contributed by atoms with Gasteiger partial charge in [-0.15, -0.1) is 0 Å². The van der Waals surface area contributed by atoms with E-state index < -0.39 is 0 Å². The van der Waals surface area contributed by atoms with Crippen molar-refractivity contribution < 1.29 is 9.59 Å². The largest absolute Gasteiger partial charge is 0.345 e. The molecule has 0 aliphatic carbocycles. The second-order valence-electron chi connectivity index (χ2n) is 3.91. The number of benzene rings is 2. The van der Waals surface area contributed by atoms with Crippen molar-refractivity contribution in [3.8, 4) is 0 Å². The minimum absolute atomic E-state index is 0.322. The van der Waals surface area contributed by atoms with E-state index in [0.29, 0.717) is 11.4 Å². The maximum Gasteiger partial charge on any atom is 0.345 e. The van der Waals surface area contributed by atoms with Gasteiger partial charge in [0.25, 0.3) is 0 Å². The third-order valence-corrected chi connectivity index (χ3v) is 2.79. The summed E-state index contributed by atoms with van der Waals surface area (Å²) < 4.78 is 0. The zero-order valence-corrected chi connectivity index (χ0v) is 9.48. The van der Waals surface area contributed by atoms with Gasteiger partial charge in [0.15, 0.2) is 0 Å². The molecule has 4 amide bonds. The first kappa shape index (κ1) is 10.5. The number of carbonyl (C=O) groups excluding carboxylic acids is 2. The van der Waals surface area contributed by atoms with Gasteiger partial charge in [0, 0.05) is 0 Å². The summed E-state index contributed by atoms with van der Waals surface area (Å²) in [7, 11) is 0. The molecule has 4 nitrogen and oxygen atoms in total. The quantitative estimate of drug-likeness (QED) is 0.805. The monoisotopic (exact) mass is 238 g/mol. The van der Waals surface area contributed by atoms with Crippen LogP contribution in [0.4, 0.5) is 21.0 Å². The molecular weight excluding hydrogens is 228 g/mol. The SMILES string of the molecule is O=C1N(c2ccccc2)C(=O)N1c1ccccc1. The Hall–Kier alpha value is -2.62. The van der Waals surface area contributed by atoms with Crippen LogP contribution in [0.25, 0.3) is 0 Å². The highest BCUT2D eigenvalue weighted by Gasteiger charge is 2.45. The highest BCUT2D eigenvalue weighted by molar-refractivity contribution is 6.41. The van der Waals surface area contributed by atoms with Crippen molar-refractivity contribution in [1.29, 1.82) is 0 Å². The first-order chi connectivity index (χ1) is 8.79. The van der Waals surface area contributed by atoms with Gasteiger partial charge < -0.3 is 0 Å². The minimum atomic E-state index is -0.322. The van der Waals surface area contributed by atoms with Crippen LogP contribution in [0.3, 0.4) is 0 Å². The highest BCUT2D eigenvalue weighted by atomic mass is 16.2. The molecule has 3 rings (SSSR count). The van der Waals surface area contributed by atoms with Gasteiger partial charge in [0.2, 0.25) is 0 Å². The van der Waals surface area contributed by atoms with Gasteiger partial charge in [0.05, 0.1) is 11.4 Å². The van der Waals surface area contributed by atoms with E-state index >= 15 is 0 Å². The zero-order chi connectivity index (χ0) is 12.5. The number of anilines is 2. The van der Waals surface area contributed by atoms with Crippen molar-refractivity contribution >= 4 is 23.4 Å². The maximum absolute atomic E-state index is 12.0. The number of imide groups is 2. The van der Waals surface area contributed by atoms with Crippen LogP contribution in [0, 0.1) is 0 Å². The Morgan fingerprint density at radius 1 is 0.556 bits per heavy atom. The first-order valence-electron chi connectivity index (χ1n) is 5.57. The van der Waals surface area contributed by atoms with Gasteiger partial charge >= 0.3 is 12.1 Å². The smallest absolute Gasteiger partial charge is 0.246 e. The number of hydrogen-bond donors (Lipinski definition) is 0. The van der Waals surface area contributed by atoms with Gasteiger partial charge in [-0.3, -0.25) is 0 Å². The van der Waals surface area contributed by atoms with Gasteiger partial charge in [0.1, 0.15) is 0 Å². The number of hydrogen-bond acceptors (Lipinski definition) is 2. The lowest BCUT2D eigenvalue weighted by molar-refractivity contribution is 0.226. The van der Waals surface area contributed by atoms with Crippen molar-refractivity contribution in [2.45, 2.75) is 0 Å². The molecule has 0 bridgehead atoms. The fourth-order valence-corrected chi connectivity index (χ4v) is 1.91. The molecule has 0 saturated carbocycles. The number of urea groups is 2. The molecule has 2 aromatic carbocycles. The van der Waals surface area contributed by atoms with Crippen LogP contribution in [0.5, 0.6) is 0 Å². The summed E-state index contributed by atoms with van der Waals surface area (Å²) >= 11 is 0.